The zero-order valence-electron chi connectivity index (χ0n) is 9.59. The van der Waals surface area contributed by atoms with Gasteiger partial charge in [-0.1, -0.05) is 23.2 Å². The second-order valence-corrected chi connectivity index (χ2v) is 5.86. The molecule has 2 aromatic rings. The molecular formula is C12H13Cl2NOS. The van der Waals surface area contributed by atoms with Gasteiger partial charge in [-0.05, 0) is 25.1 Å². The smallest absolute Gasteiger partial charge is 0.0624 e. The molecule has 0 aliphatic carbocycles. The molecule has 0 radical (unpaired) electrons. The molecule has 92 valence electrons. The molecule has 0 bridgehead atoms. The Bertz CT molecular complexity index is 526. The summed E-state index contributed by atoms with van der Waals surface area (Å²) in [6, 6.07) is 6.03. The van der Waals surface area contributed by atoms with Crippen molar-refractivity contribution in [1.29, 1.82) is 0 Å². The first-order valence-corrected chi connectivity index (χ1v) is 6.84. The molecule has 0 saturated heterocycles. The van der Waals surface area contributed by atoms with Gasteiger partial charge < -0.3 is 4.84 Å². The minimum atomic E-state index is 0.223. The van der Waals surface area contributed by atoms with Gasteiger partial charge in [0.15, 0.2) is 0 Å². The normalized spacial score (nSPS) is 13.2. The van der Waals surface area contributed by atoms with Gasteiger partial charge in [-0.25, -0.2) is 0 Å². The summed E-state index contributed by atoms with van der Waals surface area (Å²) in [4.78, 5) is 6.05. The molecule has 2 rings (SSSR count). The zero-order valence-corrected chi connectivity index (χ0v) is 11.9. The van der Waals surface area contributed by atoms with E-state index in [1.165, 1.54) is 4.70 Å². The van der Waals surface area contributed by atoms with Gasteiger partial charge in [-0.15, -0.1) is 11.3 Å². The predicted molar refractivity (Wildman–Crippen MR) is 75.2 cm³/mol. The molecular weight excluding hydrogens is 277 g/mol. The van der Waals surface area contributed by atoms with Crippen LogP contribution in [0.2, 0.25) is 10.0 Å². The number of hydrogen-bond acceptors (Lipinski definition) is 3. The standard InChI is InChI=1S/C12H13Cl2NOS/c1-7(15-16-2)5-11-12(14)9-6-8(13)3-4-10(9)17-11/h3-4,6-7,15H,5H2,1-2H3. The summed E-state index contributed by atoms with van der Waals surface area (Å²) in [7, 11) is 1.61. The first kappa shape index (κ1) is 13.1. The largest absolute Gasteiger partial charge is 0.305 e. The Balaban J connectivity index is 2.32. The topological polar surface area (TPSA) is 21.3 Å². The molecule has 1 unspecified atom stereocenters. The second-order valence-electron chi connectivity index (χ2n) is 3.91. The van der Waals surface area contributed by atoms with Crippen LogP contribution >= 0.6 is 34.5 Å². The van der Waals surface area contributed by atoms with Gasteiger partial charge in [0, 0.05) is 32.4 Å². The van der Waals surface area contributed by atoms with Crippen LogP contribution in [-0.4, -0.2) is 13.2 Å². The minimum absolute atomic E-state index is 0.223. The average molecular weight is 290 g/mol. The van der Waals surface area contributed by atoms with Gasteiger partial charge in [-0.2, -0.15) is 5.48 Å². The molecule has 1 atom stereocenters. The SMILES string of the molecule is CONC(C)Cc1sc2ccc(Cl)cc2c1Cl. The quantitative estimate of drug-likeness (QED) is 0.848. The fourth-order valence-corrected chi connectivity index (χ4v) is 3.53. The number of fused-ring (bicyclic) bond motifs is 1. The van der Waals surface area contributed by atoms with E-state index in [9.17, 15) is 0 Å². The van der Waals surface area contributed by atoms with Crippen molar-refractivity contribution < 1.29 is 4.84 Å². The van der Waals surface area contributed by atoms with E-state index < -0.39 is 0 Å². The number of hydrogen-bond donors (Lipinski definition) is 1. The molecule has 5 heteroatoms. The Kier molecular flexibility index (Phi) is 4.28. The molecule has 1 aromatic heterocycles. The van der Waals surface area contributed by atoms with Crippen molar-refractivity contribution in [3.8, 4) is 0 Å². The summed E-state index contributed by atoms with van der Waals surface area (Å²) in [6.45, 7) is 2.05. The summed E-state index contributed by atoms with van der Waals surface area (Å²) in [5.74, 6) is 0. The van der Waals surface area contributed by atoms with E-state index in [2.05, 4.69) is 12.4 Å². The summed E-state index contributed by atoms with van der Waals surface area (Å²) < 4.78 is 1.17. The van der Waals surface area contributed by atoms with E-state index in [-0.39, 0.29) is 6.04 Å². The van der Waals surface area contributed by atoms with Crippen LogP contribution in [0.3, 0.4) is 0 Å². The molecule has 0 aliphatic rings. The number of thiophene rings is 1. The maximum atomic E-state index is 6.36. The van der Waals surface area contributed by atoms with Crippen molar-refractivity contribution in [2.24, 2.45) is 0 Å². The zero-order chi connectivity index (χ0) is 12.4. The van der Waals surface area contributed by atoms with Crippen LogP contribution in [0.4, 0.5) is 0 Å². The fraction of sp³-hybridized carbons (Fsp3) is 0.333. The Morgan fingerprint density at radius 1 is 1.41 bits per heavy atom. The summed E-state index contributed by atoms with van der Waals surface area (Å²) >= 11 is 14.0. The van der Waals surface area contributed by atoms with Crippen LogP contribution in [0, 0.1) is 0 Å². The number of benzene rings is 1. The minimum Gasteiger partial charge on any atom is -0.305 e. The average Bonchev–Trinajstić information content (AvgIpc) is 2.57. The predicted octanol–water partition coefficient (Wildman–Crippen LogP) is 4.29. The Labute approximate surface area is 114 Å². The van der Waals surface area contributed by atoms with Crippen molar-refractivity contribution in [1.82, 2.24) is 5.48 Å². The Hall–Kier alpha value is -0.320. The number of halogens is 2. The van der Waals surface area contributed by atoms with Crippen molar-refractivity contribution in [3.05, 3.63) is 33.1 Å². The van der Waals surface area contributed by atoms with Gasteiger partial charge >= 0.3 is 0 Å². The van der Waals surface area contributed by atoms with E-state index in [0.717, 1.165) is 21.7 Å². The van der Waals surface area contributed by atoms with E-state index in [1.54, 1.807) is 18.4 Å². The van der Waals surface area contributed by atoms with Gasteiger partial charge in [0.25, 0.3) is 0 Å². The second kappa shape index (κ2) is 5.55. The number of rotatable bonds is 4. The lowest BCUT2D eigenvalue weighted by molar-refractivity contribution is 0.0663. The highest BCUT2D eigenvalue weighted by atomic mass is 35.5. The van der Waals surface area contributed by atoms with Crippen molar-refractivity contribution >= 4 is 44.6 Å². The third kappa shape index (κ3) is 2.92. The lowest BCUT2D eigenvalue weighted by Gasteiger charge is -2.10. The lowest BCUT2D eigenvalue weighted by Crippen LogP contribution is -2.26. The van der Waals surface area contributed by atoms with E-state index in [4.69, 9.17) is 28.0 Å². The maximum Gasteiger partial charge on any atom is 0.0624 e. The molecule has 0 amide bonds. The number of hydroxylamine groups is 1. The maximum absolute atomic E-state index is 6.36. The van der Waals surface area contributed by atoms with Crippen molar-refractivity contribution in [2.75, 3.05) is 7.11 Å². The molecule has 0 fully saturated rings. The third-order valence-electron chi connectivity index (χ3n) is 2.47. The van der Waals surface area contributed by atoms with Crippen LogP contribution in [0.25, 0.3) is 10.1 Å². The number of nitrogens with one attached hydrogen (secondary N) is 1. The third-order valence-corrected chi connectivity index (χ3v) is 4.44. The van der Waals surface area contributed by atoms with Gasteiger partial charge in [0.05, 0.1) is 12.1 Å². The van der Waals surface area contributed by atoms with E-state index in [0.29, 0.717) is 5.02 Å². The van der Waals surface area contributed by atoms with Crippen LogP contribution in [0.5, 0.6) is 0 Å². The van der Waals surface area contributed by atoms with Crippen LogP contribution in [-0.2, 0) is 11.3 Å². The first-order chi connectivity index (χ1) is 8.11. The summed E-state index contributed by atoms with van der Waals surface area (Å²) in [5, 5.41) is 2.55. The van der Waals surface area contributed by atoms with E-state index >= 15 is 0 Å². The monoisotopic (exact) mass is 289 g/mol. The van der Waals surface area contributed by atoms with Crippen molar-refractivity contribution in [3.63, 3.8) is 0 Å². The molecule has 2 nitrogen and oxygen atoms in total. The van der Waals surface area contributed by atoms with Gasteiger partial charge in [0.2, 0.25) is 0 Å². The van der Waals surface area contributed by atoms with Crippen LogP contribution < -0.4 is 5.48 Å². The fourth-order valence-electron chi connectivity index (χ4n) is 1.74. The first-order valence-electron chi connectivity index (χ1n) is 5.26. The summed E-state index contributed by atoms with van der Waals surface area (Å²) in [6.07, 6.45) is 0.837. The molecule has 0 spiro atoms. The van der Waals surface area contributed by atoms with Crippen LogP contribution in [0.15, 0.2) is 18.2 Å². The molecule has 17 heavy (non-hydrogen) atoms. The molecule has 0 saturated carbocycles. The highest BCUT2D eigenvalue weighted by Crippen LogP contribution is 2.37. The van der Waals surface area contributed by atoms with Gasteiger partial charge in [0.1, 0.15) is 0 Å². The Morgan fingerprint density at radius 3 is 2.88 bits per heavy atom. The molecule has 1 N–H and O–H groups in total. The van der Waals surface area contributed by atoms with Crippen molar-refractivity contribution in [2.45, 2.75) is 19.4 Å². The molecule has 1 heterocycles. The molecule has 0 aliphatic heterocycles. The van der Waals surface area contributed by atoms with E-state index in [1.807, 2.05) is 18.2 Å². The summed E-state index contributed by atoms with van der Waals surface area (Å²) in [5.41, 5.74) is 2.90. The Morgan fingerprint density at radius 2 is 2.18 bits per heavy atom. The highest BCUT2D eigenvalue weighted by molar-refractivity contribution is 7.19. The van der Waals surface area contributed by atoms with Gasteiger partial charge in [-0.3, -0.25) is 0 Å². The van der Waals surface area contributed by atoms with Crippen LogP contribution in [0.1, 0.15) is 11.8 Å². The highest BCUT2D eigenvalue weighted by Gasteiger charge is 2.13. The molecule has 1 aromatic carbocycles. The lowest BCUT2D eigenvalue weighted by atomic mass is 10.2.